The van der Waals surface area contributed by atoms with Gasteiger partial charge in [-0.1, -0.05) is 25.5 Å². The Hall–Kier alpha value is -2.24. The van der Waals surface area contributed by atoms with Gasteiger partial charge in [0.05, 0.1) is 5.56 Å². The molecule has 0 atom stereocenters. The van der Waals surface area contributed by atoms with Crippen LogP contribution in [0.25, 0.3) is 11.5 Å². The average Bonchev–Trinajstić information content (AvgIpc) is 2.94. The molecule has 6 heteroatoms. The van der Waals surface area contributed by atoms with Crippen LogP contribution in [0, 0.1) is 5.82 Å². The maximum atomic E-state index is 13.6. The van der Waals surface area contributed by atoms with Crippen LogP contribution in [0.4, 0.5) is 4.39 Å². The van der Waals surface area contributed by atoms with Crippen molar-refractivity contribution in [2.45, 2.75) is 32.6 Å². The predicted molar refractivity (Wildman–Crippen MR) is 75.9 cm³/mol. The van der Waals surface area contributed by atoms with Gasteiger partial charge < -0.3 is 9.73 Å². The highest BCUT2D eigenvalue weighted by Gasteiger charge is 2.13. The molecule has 112 valence electrons. The summed E-state index contributed by atoms with van der Waals surface area (Å²) in [5, 5.41) is 10.5. The molecule has 0 aliphatic rings. The first-order valence-electron chi connectivity index (χ1n) is 7.04. The molecule has 0 saturated heterocycles. The Labute approximate surface area is 122 Å². The molecule has 0 spiro atoms. The largest absolute Gasteiger partial charge is 0.421 e. The van der Waals surface area contributed by atoms with Gasteiger partial charge in [-0.3, -0.25) is 4.79 Å². The number of hydrogen-bond acceptors (Lipinski definition) is 4. The van der Waals surface area contributed by atoms with E-state index in [2.05, 4.69) is 22.4 Å². The van der Waals surface area contributed by atoms with Crippen LogP contribution in [0.3, 0.4) is 0 Å². The van der Waals surface area contributed by atoms with Crippen LogP contribution in [0.1, 0.15) is 32.1 Å². The Kier molecular flexibility index (Phi) is 5.43. The van der Waals surface area contributed by atoms with Crippen molar-refractivity contribution in [3.63, 3.8) is 0 Å². The van der Waals surface area contributed by atoms with Gasteiger partial charge >= 0.3 is 0 Å². The number of nitrogens with one attached hydrogen (secondary N) is 1. The Morgan fingerprint density at radius 2 is 2.14 bits per heavy atom. The molecule has 0 fully saturated rings. The van der Waals surface area contributed by atoms with Gasteiger partial charge in [-0.2, -0.15) is 0 Å². The third-order valence-corrected chi connectivity index (χ3v) is 2.99. The molecule has 5 nitrogen and oxygen atoms in total. The number of amides is 1. The highest BCUT2D eigenvalue weighted by Crippen LogP contribution is 2.21. The normalized spacial score (nSPS) is 10.6. The fraction of sp³-hybridized carbons (Fsp3) is 0.400. The number of aromatic nitrogens is 2. The molecule has 2 rings (SSSR count). The molecule has 0 unspecified atom stereocenters. The molecule has 2 aromatic rings. The van der Waals surface area contributed by atoms with Crippen LogP contribution in [-0.2, 0) is 11.2 Å². The standard InChI is InChI=1S/C15H18FN3O2/c1-2-3-10-17-13(20)8-9-14-18-19-15(21-14)11-6-4-5-7-12(11)16/h4-7H,2-3,8-10H2,1H3,(H,17,20). The molecule has 0 saturated carbocycles. The van der Waals surface area contributed by atoms with Gasteiger partial charge in [-0.05, 0) is 18.6 Å². The van der Waals surface area contributed by atoms with Crippen molar-refractivity contribution < 1.29 is 13.6 Å². The van der Waals surface area contributed by atoms with Crippen LogP contribution >= 0.6 is 0 Å². The van der Waals surface area contributed by atoms with E-state index in [-0.39, 0.29) is 23.8 Å². The number of carbonyl (C=O) groups excluding carboxylic acids is 1. The smallest absolute Gasteiger partial charge is 0.250 e. The van der Waals surface area contributed by atoms with Gasteiger partial charge in [-0.25, -0.2) is 4.39 Å². The van der Waals surface area contributed by atoms with Gasteiger partial charge in [0.2, 0.25) is 11.8 Å². The van der Waals surface area contributed by atoms with Gasteiger partial charge in [0.15, 0.2) is 0 Å². The molecule has 1 N–H and O–H groups in total. The Balaban J connectivity index is 1.89. The number of carbonyl (C=O) groups is 1. The maximum Gasteiger partial charge on any atom is 0.250 e. The van der Waals surface area contributed by atoms with E-state index in [0.717, 1.165) is 12.8 Å². The van der Waals surface area contributed by atoms with Crippen molar-refractivity contribution in [1.82, 2.24) is 15.5 Å². The highest BCUT2D eigenvalue weighted by atomic mass is 19.1. The first-order valence-corrected chi connectivity index (χ1v) is 7.04. The summed E-state index contributed by atoms with van der Waals surface area (Å²) < 4.78 is 19.0. The number of unbranched alkanes of at least 4 members (excludes halogenated alkanes) is 1. The topological polar surface area (TPSA) is 68.0 Å². The summed E-state index contributed by atoms with van der Waals surface area (Å²) in [7, 11) is 0. The van der Waals surface area contributed by atoms with Gasteiger partial charge in [-0.15, -0.1) is 10.2 Å². The third kappa shape index (κ3) is 4.37. The quantitative estimate of drug-likeness (QED) is 0.796. The van der Waals surface area contributed by atoms with Crippen LogP contribution in [-0.4, -0.2) is 22.6 Å². The lowest BCUT2D eigenvalue weighted by molar-refractivity contribution is -0.121. The second kappa shape index (κ2) is 7.52. The summed E-state index contributed by atoms with van der Waals surface area (Å²) in [5.74, 6) is 0.00693. The molecular formula is C15H18FN3O2. The molecular weight excluding hydrogens is 273 g/mol. The zero-order valence-electron chi connectivity index (χ0n) is 11.9. The Bertz CT molecular complexity index is 598. The fourth-order valence-corrected chi connectivity index (χ4v) is 1.81. The summed E-state index contributed by atoms with van der Waals surface area (Å²) in [5.41, 5.74) is 0.267. The summed E-state index contributed by atoms with van der Waals surface area (Å²) in [4.78, 5) is 11.6. The second-order valence-corrected chi connectivity index (χ2v) is 4.68. The molecule has 1 aromatic carbocycles. The molecule has 1 amide bonds. The van der Waals surface area contributed by atoms with Crippen molar-refractivity contribution >= 4 is 5.91 Å². The first-order chi connectivity index (χ1) is 10.2. The van der Waals surface area contributed by atoms with E-state index in [1.807, 2.05) is 0 Å². The summed E-state index contributed by atoms with van der Waals surface area (Å²) >= 11 is 0. The monoisotopic (exact) mass is 291 g/mol. The van der Waals surface area contributed by atoms with E-state index < -0.39 is 5.82 Å². The fourth-order valence-electron chi connectivity index (χ4n) is 1.81. The number of hydrogen-bond donors (Lipinski definition) is 1. The van der Waals surface area contributed by atoms with E-state index in [1.165, 1.54) is 6.07 Å². The summed E-state index contributed by atoms with van der Waals surface area (Å²) in [6.45, 7) is 2.74. The van der Waals surface area contributed by atoms with Crippen LogP contribution in [0.2, 0.25) is 0 Å². The lowest BCUT2D eigenvalue weighted by Crippen LogP contribution is -2.24. The van der Waals surface area contributed by atoms with Crippen molar-refractivity contribution in [2.24, 2.45) is 0 Å². The number of halogens is 1. The predicted octanol–water partition coefficient (Wildman–Crippen LogP) is 2.72. The van der Waals surface area contributed by atoms with Gasteiger partial charge in [0.1, 0.15) is 5.82 Å². The minimum atomic E-state index is -0.412. The Morgan fingerprint density at radius 1 is 1.33 bits per heavy atom. The minimum Gasteiger partial charge on any atom is -0.421 e. The highest BCUT2D eigenvalue weighted by molar-refractivity contribution is 5.75. The zero-order valence-corrected chi connectivity index (χ0v) is 11.9. The van der Waals surface area contributed by atoms with Crippen molar-refractivity contribution in [2.75, 3.05) is 6.54 Å². The van der Waals surface area contributed by atoms with Crippen LogP contribution in [0.5, 0.6) is 0 Å². The van der Waals surface area contributed by atoms with Crippen molar-refractivity contribution in [3.05, 3.63) is 36.0 Å². The lowest BCUT2D eigenvalue weighted by atomic mass is 10.2. The first kappa shape index (κ1) is 15.2. The average molecular weight is 291 g/mol. The van der Waals surface area contributed by atoms with E-state index in [4.69, 9.17) is 4.42 Å². The maximum absolute atomic E-state index is 13.6. The molecule has 0 bridgehead atoms. The van der Waals surface area contributed by atoms with E-state index in [9.17, 15) is 9.18 Å². The third-order valence-electron chi connectivity index (χ3n) is 2.99. The SMILES string of the molecule is CCCCNC(=O)CCc1nnc(-c2ccccc2F)o1. The minimum absolute atomic E-state index is 0.0471. The number of nitrogens with zero attached hydrogens (tertiary/aromatic N) is 2. The number of benzene rings is 1. The van der Waals surface area contributed by atoms with Crippen LogP contribution < -0.4 is 5.32 Å². The summed E-state index contributed by atoms with van der Waals surface area (Å²) in [6.07, 6.45) is 2.63. The van der Waals surface area contributed by atoms with Crippen molar-refractivity contribution in [3.8, 4) is 11.5 Å². The zero-order chi connectivity index (χ0) is 15.1. The lowest BCUT2D eigenvalue weighted by Gasteiger charge is -2.02. The van der Waals surface area contributed by atoms with Gasteiger partial charge in [0.25, 0.3) is 5.89 Å². The molecule has 1 aromatic heterocycles. The number of rotatable bonds is 7. The second-order valence-electron chi connectivity index (χ2n) is 4.68. The van der Waals surface area contributed by atoms with Crippen molar-refractivity contribution in [1.29, 1.82) is 0 Å². The molecule has 0 radical (unpaired) electrons. The van der Waals surface area contributed by atoms with Gasteiger partial charge in [0, 0.05) is 19.4 Å². The molecule has 1 heterocycles. The molecule has 0 aliphatic heterocycles. The van der Waals surface area contributed by atoms with E-state index in [0.29, 0.717) is 18.9 Å². The molecule has 21 heavy (non-hydrogen) atoms. The number of aryl methyl sites for hydroxylation is 1. The van der Waals surface area contributed by atoms with Crippen LogP contribution in [0.15, 0.2) is 28.7 Å². The van der Waals surface area contributed by atoms with E-state index >= 15 is 0 Å². The summed E-state index contributed by atoms with van der Waals surface area (Å²) in [6, 6.07) is 6.20. The molecule has 0 aliphatic carbocycles. The van der Waals surface area contributed by atoms with E-state index in [1.54, 1.807) is 18.2 Å². The Morgan fingerprint density at radius 3 is 2.90 bits per heavy atom.